The van der Waals surface area contributed by atoms with E-state index in [2.05, 4.69) is 35.1 Å². The molecule has 1 rings (SSSR count). The molecule has 0 atom stereocenters. The van der Waals surface area contributed by atoms with Gasteiger partial charge < -0.3 is 10.1 Å². The molecule has 18 heavy (non-hydrogen) atoms. The number of nitrogens with zero attached hydrogens (tertiary/aromatic N) is 1. The fourth-order valence-electron chi connectivity index (χ4n) is 1.42. The van der Waals surface area contributed by atoms with Crippen LogP contribution in [0.15, 0.2) is 22.7 Å². The SMILES string of the molecule is CC(C)NCCOCc1cccc([N+](=O)[O-])c1Br. The number of benzene rings is 1. The van der Waals surface area contributed by atoms with E-state index in [4.69, 9.17) is 4.74 Å². The van der Waals surface area contributed by atoms with Gasteiger partial charge in [-0.1, -0.05) is 26.0 Å². The van der Waals surface area contributed by atoms with Crippen molar-refractivity contribution >= 4 is 21.6 Å². The summed E-state index contributed by atoms with van der Waals surface area (Å²) in [5.41, 5.74) is 0.852. The fraction of sp³-hybridized carbons (Fsp3) is 0.500. The van der Waals surface area contributed by atoms with E-state index in [1.165, 1.54) is 6.07 Å². The van der Waals surface area contributed by atoms with Crippen LogP contribution in [0, 0.1) is 10.1 Å². The van der Waals surface area contributed by atoms with Gasteiger partial charge in [-0.25, -0.2) is 0 Å². The highest BCUT2D eigenvalue weighted by molar-refractivity contribution is 9.10. The molecular weight excluding hydrogens is 300 g/mol. The van der Waals surface area contributed by atoms with Crippen LogP contribution in [-0.2, 0) is 11.3 Å². The topological polar surface area (TPSA) is 64.4 Å². The summed E-state index contributed by atoms with van der Waals surface area (Å²) in [5, 5.41) is 14.0. The average Bonchev–Trinajstić information content (AvgIpc) is 2.30. The van der Waals surface area contributed by atoms with Gasteiger partial charge in [-0.2, -0.15) is 0 Å². The Morgan fingerprint density at radius 3 is 2.83 bits per heavy atom. The molecule has 0 unspecified atom stereocenters. The number of ether oxygens (including phenoxy) is 1. The molecule has 0 radical (unpaired) electrons. The van der Waals surface area contributed by atoms with Crippen LogP contribution in [-0.4, -0.2) is 24.1 Å². The van der Waals surface area contributed by atoms with E-state index < -0.39 is 4.92 Å². The van der Waals surface area contributed by atoms with Crippen LogP contribution in [0.3, 0.4) is 0 Å². The number of hydrogen-bond acceptors (Lipinski definition) is 4. The molecule has 6 heteroatoms. The Labute approximate surface area is 115 Å². The summed E-state index contributed by atoms with van der Waals surface area (Å²) in [6, 6.07) is 5.37. The van der Waals surface area contributed by atoms with Crippen LogP contribution < -0.4 is 5.32 Å². The third-order valence-electron chi connectivity index (χ3n) is 2.31. The molecule has 0 saturated heterocycles. The molecule has 0 aliphatic heterocycles. The van der Waals surface area contributed by atoms with E-state index in [0.717, 1.165) is 12.1 Å². The lowest BCUT2D eigenvalue weighted by atomic mass is 10.2. The summed E-state index contributed by atoms with van der Waals surface area (Å²) in [5.74, 6) is 0. The van der Waals surface area contributed by atoms with Crippen molar-refractivity contribution in [1.82, 2.24) is 5.32 Å². The van der Waals surface area contributed by atoms with Gasteiger partial charge in [0.2, 0.25) is 0 Å². The Morgan fingerprint density at radius 1 is 1.50 bits per heavy atom. The van der Waals surface area contributed by atoms with Crippen LogP contribution >= 0.6 is 15.9 Å². The van der Waals surface area contributed by atoms with Crippen LogP contribution in [0.25, 0.3) is 0 Å². The molecule has 0 aromatic heterocycles. The lowest BCUT2D eigenvalue weighted by molar-refractivity contribution is -0.385. The normalized spacial score (nSPS) is 10.9. The van der Waals surface area contributed by atoms with Crippen LogP contribution in [0.5, 0.6) is 0 Å². The van der Waals surface area contributed by atoms with E-state index in [1.807, 2.05) is 6.07 Å². The van der Waals surface area contributed by atoms with Crippen molar-refractivity contribution in [1.29, 1.82) is 0 Å². The molecule has 0 fully saturated rings. The predicted molar refractivity (Wildman–Crippen MR) is 73.6 cm³/mol. The van der Waals surface area contributed by atoms with E-state index in [1.54, 1.807) is 6.07 Å². The van der Waals surface area contributed by atoms with Crippen molar-refractivity contribution in [3.05, 3.63) is 38.3 Å². The number of nitro groups is 1. The van der Waals surface area contributed by atoms with Gasteiger partial charge in [0.25, 0.3) is 5.69 Å². The van der Waals surface area contributed by atoms with Crippen molar-refractivity contribution in [2.45, 2.75) is 26.5 Å². The second kappa shape index (κ2) is 7.45. The lowest BCUT2D eigenvalue weighted by Crippen LogP contribution is -2.26. The Balaban J connectivity index is 2.48. The zero-order chi connectivity index (χ0) is 13.5. The number of rotatable bonds is 7. The summed E-state index contributed by atoms with van der Waals surface area (Å²) in [6.07, 6.45) is 0. The van der Waals surface area contributed by atoms with E-state index >= 15 is 0 Å². The number of nitrogens with one attached hydrogen (secondary N) is 1. The molecule has 0 aliphatic rings. The molecule has 1 aromatic rings. The highest BCUT2D eigenvalue weighted by atomic mass is 79.9. The Kier molecular flexibility index (Phi) is 6.24. The van der Waals surface area contributed by atoms with Gasteiger partial charge in [0.15, 0.2) is 0 Å². The van der Waals surface area contributed by atoms with Gasteiger partial charge >= 0.3 is 0 Å². The van der Waals surface area contributed by atoms with Crippen molar-refractivity contribution < 1.29 is 9.66 Å². The van der Waals surface area contributed by atoms with Gasteiger partial charge in [0, 0.05) is 18.7 Å². The largest absolute Gasteiger partial charge is 0.375 e. The molecule has 1 N–H and O–H groups in total. The van der Waals surface area contributed by atoms with E-state index in [9.17, 15) is 10.1 Å². The Hall–Kier alpha value is -0.980. The van der Waals surface area contributed by atoms with Crippen LogP contribution in [0.2, 0.25) is 0 Å². The first kappa shape index (κ1) is 15.1. The first-order valence-corrected chi connectivity index (χ1v) is 6.54. The van der Waals surface area contributed by atoms with E-state index in [-0.39, 0.29) is 5.69 Å². The smallest absolute Gasteiger partial charge is 0.283 e. The zero-order valence-corrected chi connectivity index (χ0v) is 12.1. The van der Waals surface area contributed by atoms with Gasteiger partial charge in [-0.05, 0) is 21.5 Å². The molecule has 0 amide bonds. The highest BCUT2D eigenvalue weighted by Gasteiger charge is 2.14. The maximum atomic E-state index is 10.7. The van der Waals surface area contributed by atoms with Crippen molar-refractivity contribution in [2.75, 3.05) is 13.2 Å². The maximum Gasteiger partial charge on any atom is 0.283 e. The second-order valence-electron chi connectivity index (χ2n) is 4.17. The third kappa shape index (κ3) is 4.72. The summed E-state index contributed by atoms with van der Waals surface area (Å²) in [6.45, 7) is 5.84. The minimum Gasteiger partial charge on any atom is -0.375 e. The molecule has 5 nitrogen and oxygen atoms in total. The van der Waals surface area contributed by atoms with Gasteiger partial charge in [-0.15, -0.1) is 0 Å². The first-order chi connectivity index (χ1) is 8.52. The summed E-state index contributed by atoms with van der Waals surface area (Å²) >= 11 is 3.24. The van der Waals surface area contributed by atoms with Crippen LogP contribution in [0.1, 0.15) is 19.4 Å². The maximum absolute atomic E-state index is 10.7. The highest BCUT2D eigenvalue weighted by Crippen LogP contribution is 2.28. The van der Waals surface area contributed by atoms with Gasteiger partial charge in [0.1, 0.15) is 4.47 Å². The molecule has 0 bridgehead atoms. The minimum absolute atomic E-state index is 0.0661. The first-order valence-electron chi connectivity index (χ1n) is 5.75. The molecule has 100 valence electrons. The Bertz CT molecular complexity index is 410. The standard InChI is InChI=1S/C12H17BrN2O3/c1-9(2)14-6-7-18-8-10-4-3-5-11(12(10)13)15(16)17/h3-5,9,14H,6-8H2,1-2H3. The van der Waals surface area contributed by atoms with E-state index in [0.29, 0.717) is 23.7 Å². The third-order valence-corrected chi connectivity index (χ3v) is 3.23. The second-order valence-corrected chi connectivity index (χ2v) is 4.96. The van der Waals surface area contributed by atoms with Gasteiger partial charge in [-0.3, -0.25) is 10.1 Å². The fourth-order valence-corrected chi connectivity index (χ4v) is 1.94. The predicted octanol–water partition coefficient (Wildman–Crippen LogP) is 2.87. The molecule has 0 aliphatic carbocycles. The molecule has 0 saturated carbocycles. The lowest BCUT2D eigenvalue weighted by Gasteiger charge is -2.09. The van der Waals surface area contributed by atoms with Gasteiger partial charge in [0.05, 0.1) is 18.1 Å². The molecular formula is C12H17BrN2O3. The number of nitro benzene ring substituents is 1. The summed E-state index contributed by atoms with van der Waals surface area (Å²) in [7, 11) is 0. The molecule has 0 spiro atoms. The number of halogens is 1. The summed E-state index contributed by atoms with van der Waals surface area (Å²) in [4.78, 5) is 10.3. The Morgan fingerprint density at radius 2 is 2.22 bits per heavy atom. The minimum atomic E-state index is -0.409. The van der Waals surface area contributed by atoms with Crippen molar-refractivity contribution in [2.24, 2.45) is 0 Å². The number of hydrogen-bond donors (Lipinski definition) is 1. The molecule has 0 heterocycles. The van der Waals surface area contributed by atoms with Crippen molar-refractivity contribution in [3.63, 3.8) is 0 Å². The summed E-state index contributed by atoms with van der Waals surface area (Å²) < 4.78 is 5.96. The quantitative estimate of drug-likeness (QED) is 0.477. The zero-order valence-electron chi connectivity index (χ0n) is 10.5. The molecule has 1 aromatic carbocycles. The van der Waals surface area contributed by atoms with Crippen LogP contribution in [0.4, 0.5) is 5.69 Å². The average molecular weight is 317 g/mol. The monoisotopic (exact) mass is 316 g/mol. The van der Waals surface area contributed by atoms with Crippen molar-refractivity contribution in [3.8, 4) is 0 Å².